The number of carbonyl (C=O) groups excluding carboxylic acids is 1. The van der Waals surface area contributed by atoms with Crippen LogP contribution >= 0.6 is 0 Å². The summed E-state index contributed by atoms with van der Waals surface area (Å²) < 4.78 is 37.7. The molecule has 0 N–H and O–H groups in total. The first-order valence-electron chi connectivity index (χ1n) is 6.91. The number of β-lactam (4-membered cyclic amide) rings is 1. The number of carbonyl (C=O) groups is 1. The van der Waals surface area contributed by atoms with E-state index in [1.54, 1.807) is 0 Å². The van der Waals surface area contributed by atoms with E-state index in [1.807, 2.05) is 20.8 Å². The van der Waals surface area contributed by atoms with Crippen LogP contribution in [0.25, 0.3) is 6.08 Å². The number of hydrogen-bond acceptors (Lipinski definition) is 3. The Labute approximate surface area is 132 Å². The maximum Gasteiger partial charge on any atom is 0.416 e. The molecule has 1 heterocycles. The second kappa shape index (κ2) is 5.72. The summed E-state index contributed by atoms with van der Waals surface area (Å²) in [6.07, 6.45) is -2.88. The van der Waals surface area contributed by atoms with Crippen molar-refractivity contribution in [3.8, 4) is 0 Å². The number of amides is 1. The molecular formula is C16H17F3N2O2. The number of hydrogen-bond donors (Lipinski definition) is 0. The van der Waals surface area contributed by atoms with Gasteiger partial charge in [-0.05, 0) is 44.5 Å². The number of oxime groups is 1. The molecule has 1 aromatic carbocycles. The van der Waals surface area contributed by atoms with Crippen LogP contribution < -0.4 is 0 Å². The lowest BCUT2D eigenvalue weighted by Crippen LogP contribution is -2.60. The van der Waals surface area contributed by atoms with E-state index < -0.39 is 17.3 Å². The first-order chi connectivity index (χ1) is 10.6. The van der Waals surface area contributed by atoms with Crippen LogP contribution in [0, 0.1) is 0 Å². The molecule has 0 unspecified atom stereocenters. The monoisotopic (exact) mass is 326 g/mol. The van der Waals surface area contributed by atoms with Crippen molar-refractivity contribution in [3.05, 3.63) is 41.0 Å². The third-order valence-corrected chi connectivity index (χ3v) is 3.28. The quantitative estimate of drug-likeness (QED) is 0.472. The highest BCUT2D eigenvalue weighted by molar-refractivity contribution is 6.38. The van der Waals surface area contributed by atoms with Gasteiger partial charge < -0.3 is 4.84 Å². The molecule has 7 heteroatoms. The molecule has 0 aromatic heterocycles. The highest BCUT2D eigenvalue weighted by Gasteiger charge is 2.45. The summed E-state index contributed by atoms with van der Waals surface area (Å²) in [6.45, 7) is 5.56. The van der Waals surface area contributed by atoms with Crippen LogP contribution in [0.3, 0.4) is 0 Å². The zero-order valence-corrected chi connectivity index (χ0v) is 13.2. The van der Waals surface area contributed by atoms with E-state index in [2.05, 4.69) is 5.16 Å². The fourth-order valence-electron chi connectivity index (χ4n) is 2.24. The van der Waals surface area contributed by atoms with Crippen molar-refractivity contribution < 1.29 is 22.8 Å². The third kappa shape index (κ3) is 3.38. The maximum absolute atomic E-state index is 12.6. The van der Waals surface area contributed by atoms with E-state index in [4.69, 9.17) is 4.84 Å². The highest BCUT2D eigenvalue weighted by Crippen LogP contribution is 2.32. The topological polar surface area (TPSA) is 41.9 Å². The number of benzene rings is 1. The van der Waals surface area contributed by atoms with Crippen LogP contribution in [0.4, 0.5) is 13.2 Å². The largest absolute Gasteiger partial charge is 0.416 e. The van der Waals surface area contributed by atoms with Gasteiger partial charge in [0.05, 0.1) is 11.1 Å². The summed E-state index contributed by atoms with van der Waals surface area (Å²) >= 11 is 0. The van der Waals surface area contributed by atoms with E-state index >= 15 is 0 Å². The lowest BCUT2D eigenvalue weighted by atomic mass is 9.93. The van der Waals surface area contributed by atoms with Crippen molar-refractivity contribution in [1.82, 2.24) is 4.90 Å². The van der Waals surface area contributed by atoms with Gasteiger partial charge in [-0.2, -0.15) is 13.2 Å². The minimum Gasteiger partial charge on any atom is -0.397 e. The Balaban J connectivity index is 2.32. The first-order valence-corrected chi connectivity index (χ1v) is 6.91. The standard InChI is InChI=1S/C16H17F3N2O2/c1-15(2,3)21-13(20-23-4)12(14(21)22)9-10-5-7-11(8-6-10)16(17,18)19/h5-9H,1-4H3. The van der Waals surface area contributed by atoms with Gasteiger partial charge in [-0.15, -0.1) is 0 Å². The van der Waals surface area contributed by atoms with Gasteiger partial charge >= 0.3 is 6.18 Å². The minimum absolute atomic E-state index is 0.242. The molecule has 1 aliphatic rings. The number of alkyl halides is 3. The van der Waals surface area contributed by atoms with Crippen molar-refractivity contribution >= 4 is 17.8 Å². The molecule has 1 aromatic rings. The number of nitrogens with zero attached hydrogens (tertiary/aromatic N) is 2. The molecule has 0 aliphatic carbocycles. The summed E-state index contributed by atoms with van der Waals surface area (Å²) in [4.78, 5) is 18.5. The molecule has 0 radical (unpaired) electrons. The van der Waals surface area contributed by atoms with Crippen molar-refractivity contribution in [1.29, 1.82) is 0 Å². The van der Waals surface area contributed by atoms with Crippen molar-refractivity contribution in [2.75, 3.05) is 7.11 Å². The Bertz CT molecular complexity index is 668. The van der Waals surface area contributed by atoms with Crippen LogP contribution in [0.15, 0.2) is 35.0 Å². The van der Waals surface area contributed by atoms with E-state index in [9.17, 15) is 18.0 Å². The van der Waals surface area contributed by atoms with Gasteiger partial charge in [0.15, 0.2) is 5.84 Å². The SMILES string of the molecule is CON=C1C(=Cc2ccc(C(F)(F)F)cc2)C(=O)N1C(C)(C)C. The van der Waals surface area contributed by atoms with Crippen LogP contribution in [0.1, 0.15) is 31.9 Å². The fourth-order valence-corrected chi connectivity index (χ4v) is 2.24. The maximum atomic E-state index is 12.6. The molecule has 23 heavy (non-hydrogen) atoms. The zero-order valence-electron chi connectivity index (χ0n) is 13.2. The van der Waals surface area contributed by atoms with E-state index in [0.29, 0.717) is 17.0 Å². The van der Waals surface area contributed by atoms with Crippen LogP contribution in [0.5, 0.6) is 0 Å². The predicted octanol–water partition coefficient (Wildman–Crippen LogP) is 3.69. The lowest BCUT2D eigenvalue weighted by Gasteiger charge is -2.43. The van der Waals surface area contributed by atoms with Gasteiger partial charge in [0, 0.05) is 5.54 Å². The van der Waals surface area contributed by atoms with Crippen molar-refractivity contribution in [2.24, 2.45) is 5.16 Å². The van der Waals surface area contributed by atoms with E-state index in [1.165, 1.54) is 30.2 Å². The number of amidine groups is 1. The summed E-state index contributed by atoms with van der Waals surface area (Å²) in [6, 6.07) is 4.58. The molecule has 0 saturated carbocycles. The van der Waals surface area contributed by atoms with Crippen LogP contribution in [-0.4, -0.2) is 29.3 Å². The molecule has 0 bridgehead atoms. The summed E-state index contributed by atoms with van der Waals surface area (Å²) in [7, 11) is 1.37. The normalized spacial score (nSPS) is 19.3. The number of rotatable bonds is 2. The molecule has 2 rings (SSSR count). The first kappa shape index (κ1) is 17.1. The van der Waals surface area contributed by atoms with Gasteiger partial charge in [-0.25, -0.2) is 0 Å². The average molecular weight is 326 g/mol. The van der Waals surface area contributed by atoms with Crippen molar-refractivity contribution in [3.63, 3.8) is 0 Å². The Hall–Kier alpha value is -2.31. The molecule has 4 nitrogen and oxygen atoms in total. The number of likely N-dealkylation sites (tertiary alicyclic amines) is 1. The molecule has 1 amide bonds. The Kier molecular flexibility index (Phi) is 4.24. The average Bonchev–Trinajstić information content (AvgIpc) is 2.42. The highest BCUT2D eigenvalue weighted by atomic mass is 19.4. The fraction of sp³-hybridized carbons (Fsp3) is 0.375. The second-order valence-electron chi connectivity index (χ2n) is 6.09. The Morgan fingerprint density at radius 1 is 1.13 bits per heavy atom. The lowest BCUT2D eigenvalue weighted by molar-refractivity contribution is -0.137. The predicted molar refractivity (Wildman–Crippen MR) is 80.5 cm³/mol. The Morgan fingerprint density at radius 2 is 1.70 bits per heavy atom. The molecule has 0 spiro atoms. The zero-order chi connectivity index (χ0) is 17.4. The van der Waals surface area contributed by atoms with Crippen molar-refractivity contribution in [2.45, 2.75) is 32.5 Å². The van der Waals surface area contributed by atoms with Gasteiger partial charge in [0.2, 0.25) is 0 Å². The second-order valence-corrected chi connectivity index (χ2v) is 6.09. The molecular weight excluding hydrogens is 309 g/mol. The van der Waals surface area contributed by atoms with E-state index in [0.717, 1.165) is 12.1 Å². The van der Waals surface area contributed by atoms with E-state index in [-0.39, 0.29) is 5.91 Å². The van der Waals surface area contributed by atoms with Gasteiger partial charge in [0.1, 0.15) is 7.11 Å². The molecule has 0 atom stereocenters. The smallest absolute Gasteiger partial charge is 0.397 e. The summed E-state index contributed by atoms with van der Waals surface area (Å²) in [5.74, 6) is 0.123. The molecule has 124 valence electrons. The summed E-state index contributed by atoms with van der Waals surface area (Å²) in [5, 5.41) is 3.84. The number of halogens is 3. The molecule has 1 fully saturated rings. The summed E-state index contributed by atoms with van der Waals surface area (Å²) in [5.41, 5.74) is -0.409. The van der Waals surface area contributed by atoms with Gasteiger partial charge in [-0.3, -0.25) is 9.69 Å². The Morgan fingerprint density at radius 3 is 2.13 bits per heavy atom. The minimum atomic E-state index is -4.39. The van der Waals surface area contributed by atoms with Gasteiger partial charge in [-0.1, -0.05) is 17.3 Å². The van der Waals surface area contributed by atoms with Gasteiger partial charge in [0.25, 0.3) is 5.91 Å². The molecule has 1 saturated heterocycles. The van der Waals surface area contributed by atoms with Crippen LogP contribution in [-0.2, 0) is 15.8 Å². The third-order valence-electron chi connectivity index (χ3n) is 3.28. The van der Waals surface area contributed by atoms with Crippen LogP contribution in [0.2, 0.25) is 0 Å². The molecule has 1 aliphatic heterocycles.